The minimum absolute atomic E-state index is 0.0725. The minimum atomic E-state index is -5.81. The highest BCUT2D eigenvalue weighted by molar-refractivity contribution is 7.47. The van der Waals surface area contributed by atoms with Crippen molar-refractivity contribution in [1.82, 2.24) is 0 Å². The van der Waals surface area contributed by atoms with Crippen LogP contribution in [0.25, 0.3) is 0 Å². The lowest BCUT2D eigenvalue weighted by Crippen LogP contribution is -2.56. The summed E-state index contributed by atoms with van der Waals surface area (Å²) in [5.41, 5.74) is 0. The first-order valence-corrected chi connectivity index (χ1v) is 27.7. The number of ether oxygens (including phenoxy) is 2. The number of esters is 2. The van der Waals surface area contributed by atoms with Crippen LogP contribution in [0.1, 0.15) is 155 Å². The predicted molar refractivity (Wildman–Crippen MR) is 253 cm³/mol. The molecule has 2 fully saturated rings. The van der Waals surface area contributed by atoms with Crippen LogP contribution in [0.15, 0.2) is 36.5 Å². The summed E-state index contributed by atoms with van der Waals surface area (Å²) >= 11 is 0. The third kappa shape index (κ3) is 26.3. The Morgan fingerprint density at radius 2 is 1.42 bits per heavy atom. The van der Waals surface area contributed by atoms with E-state index in [0.717, 1.165) is 63.5 Å². The monoisotopic (exact) mass is 1030 g/mol. The summed E-state index contributed by atoms with van der Waals surface area (Å²) in [4.78, 5) is 70.0. The van der Waals surface area contributed by atoms with Gasteiger partial charge in [-0.25, -0.2) is 9.13 Å². The summed E-state index contributed by atoms with van der Waals surface area (Å²) in [6.45, 7) is 2.42. The van der Waals surface area contributed by atoms with Crippen LogP contribution in [0.4, 0.5) is 0 Å². The number of cyclic esters (lactones) is 1. The third-order valence-corrected chi connectivity index (χ3v) is 13.7. The van der Waals surface area contributed by atoms with Gasteiger partial charge in [0.1, 0.15) is 36.8 Å². The fourth-order valence-corrected chi connectivity index (χ4v) is 9.70. The predicted octanol–water partition coefficient (Wildman–Crippen LogP) is 5.07. The molecule has 20 nitrogen and oxygen atoms in total. The van der Waals surface area contributed by atoms with Crippen LogP contribution in [0, 0.1) is 11.8 Å². The van der Waals surface area contributed by atoms with Gasteiger partial charge in [-0.1, -0.05) is 102 Å². The van der Waals surface area contributed by atoms with Gasteiger partial charge in [0.15, 0.2) is 6.10 Å². The van der Waals surface area contributed by atoms with Gasteiger partial charge in [-0.15, -0.1) is 0 Å². The smallest absolute Gasteiger partial charge is 0.462 e. The van der Waals surface area contributed by atoms with Gasteiger partial charge in [-0.05, 0) is 57.8 Å². The van der Waals surface area contributed by atoms with E-state index in [1.54, 1.807) is 0 Å². The molecule has 22 heteroatoms. The zero-order valence-corrected chi connectivity index (χ0v) is 42.1. The molecule has 1 saturated heterocycles. The van der Waals surface area contributed by atoms with Crippen LogP contribution < -0.4 is 0 Å². The van der Waals surface area contributed by atoms with E-state index in [4.69, 9.17) is 23.0 Å². The lowest BCUT2D eigenvalue weighted by molar-refractivity contribution is -0.166. The number of Topliss-reactive ketones (excluding diaryl/α,β-unsaturated/α-hetero) is 1. The molecule has 2 aliphatic rings. The van der Waals surface area contributed by atoms with Crippen molar-refractivity contribution in [3.8, 4) is 0 Å². The molecule has 0 spiro atoms. The second kappa shape index (κ2) is 34.2. The van der Waals surface area contributed by atoms with Crippen LogP contribution in [-0.2, 0) is 46.6 Å². The molecule has 1 saturated carbocycles. The molecule has 2 rings (SSSR count). The molecule has 0 radical (unpaired) electrons. The van der Waals surface area contributed by atoms with Gasteiger partial charge in [0.25, 0.3) is 0 Å². The highest BCUT2D eigenvalue weighted by Gasteiger charge is 2.52. The Bertz CT molecular complexity index is 1650. The number of allylic oxidation sites excluding steroid dienone is 4. The zero-order chi connectivity index (χ0) is 51.4. The van der Waals surface area contributed by atoms with Gasteiger partial charge in [-0.2, -0.15) is 0 Å². The quantitative estimate of drug-likeness (QED) is 0.0276. The topological polar surface area (TPSA) is 334 Å². The molecule has 2 bridgehead atoms. The summed E-state index contributed by atoms with van der Waals surface area (Å²) in [6.07, 6.45) is -0.0630. The number of phosphoric ester groups is 2. The Kier molecular flexibility index (Phi) is 31.2. The summed E-state index contributed by atoms with van der Waals surface area (Å²) < 4.78 is 52.1. The van der Waals surface area contributed by atoms with Gasteiger partial charge < -0.3 is 59.9 Å². The maximum Gasteiger partial charge on any atom is 0.472 e. The van der Waals surface area contributed by atoms with Crippen molar-refractivity contribution in [2.45, 2.75) is 216 Å². The van der Waals surface area contributed by atoms with E-state index < -0.39 is 132 Å². The Hall–Kier alpha value is -2.23. The first-order chi connectivity index (χ1) is 32.7. The van der Waals surface area contributed by atoms with Crippen molar-refractivity contribution in [2.24, 2.45) is 11.8 Å². The molecule has 1 unspecified atom stereocenters. The van der Waals surface area contributed by atoms with E-state index in [2.05, 4.69) is 31.2 Å². The maximum absolute atomic E-state index is 13.8. The minimum Gasteiger partial charge on any atom is -0.462 e. The van der Waals surface area contributed by atoms with Crippen molar-refractivity contribution >= 4 is 33.4 Å². The number of hydrogen-bond acceptors (Lipinski definition) is 17. The fraction of sp³-hybridized carbons (Fsp3) is 0.809. The number of carbonyl (C=O) groups excluding carboxylic acids is 3. The first kappa shape index (κ1) is 62.9. The summed E-state index contributed by atoms with van der Waals surface area (Å²) in [6, 6.07) is 0. The molecule has 0 amide bonds. The lowest BCUT2D eigenvalue weighted by Gasteiger charge is -2.38. The molecule has 1 aliphatic carbocycles. The van der Waals surface area contributed by atoms with Crippen molar-refractivity contribution < 1.29 is 97.0 Å². The van der Waals surface area contributed by atoms with Crippen LogP contribution in [0.5, 0.6) is 0 Å². The second-order valence-corrected chi connectivity index (χ2v) is 20.7. The average molecular weight is 1030 g/mol. The molecule has 10 N–H and O–H groups in total. The number of ketones is 1. The Morgan fingerprint density at radius 3 is 2.09 bits per heavy atom. The third-order valence-electron chi connectivity index (χ3n) is 12.2. The zero-order valence-electron chi connectivity index (χ0n) is 40.3. The Balaban J connectivity index is 2.39. The van der Waals surface area contributed by atoms with Crippen LogP contribution in [0.3, 0.4) is 0 Å². The first-order valence-electron chi connectivity index (χ1n) is 24.7. The Morgan fingerprint density at radius 1 is 0.797 bits per heavy atom. The Labute approximate surface area is 407 Å². The molecule has 0 aromatic heterocycles. The van der Waals surface area contributed by atoms with Crippen molar-refractivity contribution in [3.05, 3.63) is 36.5 Å². The van der Waals surface area contributed by atoms with E-state index in [0.29, 0.717) is 19.3 Å². The normalized spacial score (nSPS) is 31.6. The molecule has 0 aromatic rings. The van der Waals surface area contributed by atoms with E-state index in [9.17, 15) is 73.9 Å². The van der Waals surface area contributed by atoms with E-state index in [1.807, 2.05) is 6.92 Å². The van der Waals surface area contributed by atoms with Crippen LogP contribution in [0.2, 0.25) is 0 Å². The maximum atomic E-state index is 13.8. The highest BCUT2D eigenvalue weighted by atomic mass is 31.2. The number of phosphoric acid groups is 2. The average Bonchev–Trinajstić information content (AvgIpc) is 3.29. The standard InChI is InChI=1S/C47H82O20P2/c1-3-5-7-8-9-10-11-12-13-14-15-16-17-18-20-26-41(53)65-35-31-63-40(52)25-22-21-24-34(49)29-37-39(51)30-38(50)36(28-27-33(48)23-19-6-4-2)43(55)46(66-68(58,59)60)47(45(57)44(56)42(37)54)67-69(61,62)64-32-35/h9-10,12-13,27-28,33,35-39,42-48,50-51,54-57H,3-8,11,14-26,29-32H2,1-2H3,(H,61,62)(H2,58,59,60)/b10-9-,13-12-,28-27+/t33-,35+,36-,37-,38+,39-,42+,43+,44-,45+,46+,47-/m0/s1. The summed E-state index contributed by atoms with van der Waals surface area (Å²) in [7, 11) is -11.6. The fourth-order valence-electron chi connectivity index (χ4n) is 8.17. The van der Waals surface area contributed by atoms with E-state index >= 15 is 0 Å². The largest absolute Gasteiger partial charge is 0.472 e. The number of rotatable bonds is 23. The second-order valence-electron chi connectivity index (χ2n) is 18.1. The highest BCUT2D eigenvalue weighted by Crippen LogP contribution is 2.50. The van der Waals surface area contributed by atoms with Gasteiger partial charge >= 0.3 is 27.6 Å². The summed E-state index contributed by atoms with van der Waals surface area (Å²) in [5, 5.41) is 79.8. The number of carbonyl (C=O) groups is 3. The molecule has 69 heavy (non-hydrogen) atoms. The molecule has 1 heterocycles. The molecular weight excluding hydrogens is 946 g/mol. The lowest BCUT2D eigenvalue weighted by atomic mass is 9.82. The van der Waals surface area contributed by atoms with Gasteiger partial charge in [-0.3, -0.25) is 28.0 Å². The van der Waals surface area contributed by atoms with Gasteiger partial charge in [0, 0.05) is 43.9 Å². The number of aliphatic hydroxyl groups excluding tert-OH is 7. The molecule has 0 aromatic carbocycles. The van der Waals surface area contributed by atoms with E-state index in [-0.39, 0.29) is 38.5 Å². The van der Waals surface area contributed by atoms with Gasteiger partial charge in [0.2, 0.25) is 0 Å². The van der Waals surface area contributed by atoms with Crippen LogP contribution >= 0.6 is 15.6 Å². The molecular formula is C47H82O20P2. The number of aliphatic hydroxyl groups is 7. The molecule has 1 aliphatic heterocycles. The SMILES string of the molecule is CCCCC/C=C\C/C=C\CCCCCCCC(=O)O[C@@H]1COC(=O)CCCCC(=O)C[C@@H]2[C@@H](O)[C@H](O)[C@@H](O)[C@H](OP(=O)(O)OC1)[C@H](OP(=O)(O)O)[C@H](O)[C@@H](/C=C/[C@@H](O)CCCCC)[C@H](O)C[C@@H]2O. The van der Waals surface area contributed by atoms with Crippen molar-refractivity contribution in [2.75, 3.05) is 13.2 Å². The summed E-state index contributed by atoms with van der Waals surface area (Å²) in [5.74, 6) is -5.61. The van der Waals surface area contributed by atoms with Crippen molar-refractivity contribution in [1.29, 1.82) is 0 Å². The molecule has 13 atom stereocenters. The van der Waals surface area contributed by atoms with Crippen molar-refractivity contribution in [3.63, 3.8) is 0 Å². The number of fused-ring (bicyclic) bond motifs is 4. The van der Waals surface area contributed by atoms with Crippen LogP contribution in [-0.4, -0.2) is 142 Å². The number of unbranched alkanes of at least 4 members (excludes halogenated alkanes) is 10. The number of hydrogen-bond donors (Lipinski definition) is 10. The van der Waals surface area contributed by atoms with E-state index in [1.165, 1.54) is 19.3 Å². The molecule has 400 valence electrons. The van der Waals surface area contributed by atoms with Gasteiger partial charge in [0.05, 0.1) is 37.1 Å².